The molecule has 0 spiro atoms. The van der Waals surface area contributed by atoms with E-state index >= 15 is 0 Å². The lowest BCUT2D eigenvalue weighted by Gasteiger charge is -2.25. The van der Waals surface area contributed by atoms with Crippen molar-refractivity contribution in [2.24, 2.45) is 11.3 Å². The largest absolute Gasteiger partial charge is 0.299 e. The van der Waals surface area contributed by atoms with Gasteiger partial charge in [0, 0.05) is 12.3 Å². The van der Waals surface area contributed by atoms with E-state index in [0.717, 1.165) is 19.3 Å². The summed E-state index contributed by atoms with van der Waals surface area (Å²) in [5.74, 6) is 0.792. The highest BCUT2D eigenvalue weighted by Crippen LogP contribution is 2.43. The van der Waals surface area contributed by atoms with E-state index in [4.69, 9.17) is 0 Å². The lowest BCUT2D eigenvalue weighted by Crippen LogP contribution is -2.25. The molecule has 1 atom stereocenters. The Balaban J connectivity index is 1.89. The molecule has 2 heteroatoms. The number of thiophene rings is 1. The van der Waals surface area contributed by atoms with E-state index in [0.29, 0.717) is 11.7 Å². The van der Waals surface area contributed by atoms with Crippen molar-refractivity contribution in [1.82, 2.24) is 0 Å². The fraction of sp³-hybridized carbons (Fsp3) is 0.643. The Bertz CT molecular complexity index is 351. The number of ketones is 1. The van der Waals surface area contributed by atoms with Crippen LogP contribution in [0.5, 0.6) is 0 Å². The fourth-order valence-electron chi connectivity index (χ4n) is 2.80. The highest BCUT2D eigenvalue weighted by Gasteiger charge is 2.38. The molecule has 1 nitrogen and oxygen atoms in total. The van der Waals surface area contributed by atoms with Gasteiger partial charge < -0.3 is 0 Å². The van der Waals surface area contributed by atoms with E-state index in [1.807, 2.05) is 0 Å². The lowest BCUT2D eigenvalue weighted by atomic mass is 9.78. The average Bonchev–Trinajstić information content (AvgIpc) is 2.83. The molecular weight excluding hydrogens is 216 g/mol. The molecule has 0 saturated heterocycles. The minimum atomic E-state index is 0.242. The van der Waals surface area contributed by atoms with Crippen LogP contribution in [0.1, 0.15) is 45.1 Å². The van der Waals surface area contributed by atoms with Crippen LogP contribution in [0.15, 0.2) is 16.8 Å². The van der Waals surface area contributed by atoms with Crippen LogP contribution in [-0.4, -0.2) is 5.78 Å². The standard InChI is InChI=1S/C14H20OS/c1-14(2)8-3-4-12(14)13(15)6-5-11-7-9-16-10-11/h7,9-10,12H,3-6,8H2,1-2H3. The fourth-order valence-corrected chi connectivity index (χ4v) is 3.50. The highest BCUT2D eigenvalue weighted by atomic mass is 32.1. The zero-order valence-electron chi connectivity index (χ0n) is 10.2. The third-order valence-electron chi connectivity index (χ3n) is 3.89. The van der Waals surface area contributed by atoms with Gasteiger partial charge in [0.25, 0.3) is 0 Å². The van der Waals surface area contributed by atoms with Gasteiger partial charge in [-0.3, -0.25) is 4.79 Å². The summed E-state index contributed by atoms with van der Waals surface area (Å²) in [6.07, 6.45) is 5.19. The average molecular weight is 236 g/mol. The van der Waals surface area contributed by atoms with Crippen molar-refractivity contribution in [3.63, 3.8) is 0 Å². The molecule has 0 amide bonds. The number of rotatable bonds is 4. The van der Waals surface area contributed by atoms with Gasteiger partial charge in [-0.25, -0.2) is 0 Å². The quantitative estimate of drug-likeness (QED) is 0.770. The van der Waals surface area contributed by atoms with E-state index < -0.39 is 0 Å². The second kappa shape index (κ2) is 4.70. The van der Waals surface area contributed by atoms with Gasteiger partial charge in [0.1, 0.15) is 5.78 Å². The smallest absolute Gasteiger partial charge is 0.136 e. The molecule has 1 aliphatic carbocycles. The van der Waals surface area contributed by atoms with Crippen LogP contribution in [0.2, 0.25) is 0 Å². The Hall–Kier alpha value is -0.630. The van der Waals surface area contributed by atoms with Gasteiger partial charge in [-0.1, -0.05) is 20.3 Å². The van der Waals surface area contributed by atoms with E-state index in [2.05, 4.69) is 30.7 Å². The molecule has 0 radical (unpaired) electrons. The van der Waals surface area contributed by atoms with E-state index in [-0.39, 0.29) is 5.41 Å². The first-order chi connectivity index (χ1) is 7.59. The summed E-state index contributed by atoms with van der Waals surface area (Å²) in [5, 5.41) is 4.23. The molecule has 1 heterocycles. The first-order valence-corrected chi connectivity index (χ1v) is 7.08. The maximum Gasteiger partial charge on any atom is 0.136 e. The van der Waals surface area contributed by atoms with Crippen LogP contribution in [0.25, 0.3) is 0 Å². The third-order valence-corrected chi connectivity index (χ3v) is 4.62. The number of carbonyl (C=O) groups excluding carboxylic acids is 1. The third kappa shape index (κ3) is 2.54. The minimum absolute atomic E-state index is 0.242. The molecule has 1 aromatic heterocycles. The maximum absolute atomic E-state index is 12.2. The Morgan fingerprint density at radius 1 is 1.56 bits per heavy atom. The predicted octanol–water partition coefficient (Wildman–Crippen LogP) is 4.08. The van der Waals surface area contributed by atoms with Gasteiger partial charge >= 0.3 is 0 Å². The van der Waals surface area contributed by atoms with Crippen molar-refractivity contribution < 1.29 is 4.79 Å². The van der Waals surface area contributed by atoms with Crippen LogP contribution >= 0.6 is 11.3 Å². The normalized spacial score (nSPS) is 23.5. The van der Waals surface area contributed by atoms with Crippen molar-refractivity contribution in [2.45, 2.75) is 46.0 Å². The zero-order valence-corrected chi connectivity index (χ0v) is 11.0. The first kappa shape index (κ1) is 11.8. The molecule has 0 aliphatic heterocycles. The molecule has 0 bridgehead atoms. The minimum Gasteiger partial charge on any atom is -0.299 e. The molecule has 1 saturated carbocycles. The Kier molecular flexibility index (Phi) is 3.48. The van der Waals surface area contributed by atoms with Gasteiger partial charge in [-0.15, -0.1) is 0 Å². The van der Waals surface area contributed by atoms with Crippen LogP contribution < -0.4 is 0 Å². The second-order valence-corrected chi connectivity index (χ2v) is 6.31. The summed E-state index contributed by atoms with van der Waals surface area (Å²) in [4.78, 5) is 12.2. The van der Waals surface area contributed by atoms with E-state index in [1.165, 1.54) is 18.4 Å². The van der Waals surface area contributed by atoms with E-state index in [1.54, 1.807) is 11.3 Å². The zero-order chi connectivity index (χ0) is 11.6. The lowest BCUT2D eigenvalue weighted by molar-refractivity contribution is -0.125. The van der Waals surface area contributed by atoms with E-state index in [9.17, 15) is 4.79 Å². The molecule has 1 aromatic rings. The number of Topliss-reactive ketones (excluding diaryl/α,β-unsaturated/α-hetero) is 1. The monoisotopic (exact) mass is 236 g/mol. The maximum atomic E-state index is 12.2. The molecular formula is C14H20OS. The molecule has 1 aliphatic rings. The van der Waals surface area contributed by atoms with Crippen LogP contribution in [0, 0.1) is 11.3 Å². The summed E-state index contributed by atoms with van der Waals surface area (Å²) in [6.45, 7) is 4.49. The van der Waals surface area contributed by atoms with Crippen LogP contribution in [0.3, 0.4) is 0 Å². The van der Waals surface area contributed by atoms with Gasteiger partial charge in [0.15, 0.2) is 0 Å². The van der Waals surface area contributed by atoms with Crippen LogP contribution in [0.4, 0.5) is 0 Å². The topological polar surface area (TPSA) is 17.1 Å². The van der Waals surface area contributed by atoms with Gasteiger partial charge in [-0.05, 0) is 47.1 Å². The van der Waals surface area contributed by atoms with Gasteiger partial charge in [0.05, 0.1) is 0 Å². The van der Waals surface area contributed by atoms with Crippen molar-refractivity contribution >= 4 is 17.1 Å². The Morgan fingerprint density at radius 2 is 2.38 bits per heavy atom. The molecule has 88 valence electrons. The van der Waals surface area contributed by atoms with Crippen molar-refractivity contribution in [3.8, 4) is 0 Å². The molecule has 0 aromatic carbocycles. The summed E-state index contributed by atoms with van der Waals surface area (Å²) >= 11 is 1.71. The Morgan fingerprint density at radius 3 is 2.94 bits per heavy atom. The molecule has 1 fully saturated rings. The predicted molar refractivity (Wildman–Crippen MR) is 68.8 cm³/mol. The summed E-state index contributed by atoms with van der Waals surface area (Å²) in [6, 6.07) is 2.12. The first-order valence-electron chi connectivity index (χ1n) is 6.13. The number of aryl methyl sites for hydroxylation is 1. The molecule has 0 N–H and O–H groups in total. The SMILES string of the molecule is CC1(C)CCCC1C(=O)CCc1ccsc1. The van der Waals surface area contributed by atoms with Gasteiger partial charge in [0.2, 0.25) is 0 Å². The van der Waals surface area contributed by atoms with Crippen molar-refractivity contribution in [2.75, 3.05) is 0 Å². The highest BCUT2D eigenvalue weighted by molar-refractivity contribution is 7.07. The Labute approximate surface area is 102 Å². The molecule has 1 unspecified atom stereocenters. The summed E-state index contributed by atoms with van der Waals surface area (Å²) in [7, 11) is 0. The van der Waals surface area contributed by atoms with Crippen molar-refractivity contribution in [3.05, 3.63) is 22.4 Å². The number of carbonyl (C=O) groups is 1. The molecule has 16 heavy (non-hydrogen) atoms. The molecule has 2 rings (SSSR count). The summed E-state index contributed by atoms with van der Waals surface area (Å²) < 4.78 is 0. The number of hydrogen-bond donors (Lipinski definition) is 0. The van der Waals surface area contributed by atoms with Crippen molar-refractivity contribution in [1.29, 1.82) is 0 Å². The van der Waals surface area contributed by atoms with Crippen LogP contribution in [-0.2, 0) is 11.2 Å². The van der Waals surface area contributed by atoms with Gasteiger partial charge in [-0.2, -0.15) is 11.3 Å². The number of hydrogen-bond acceptors (Lipinski definition) is 2. The second-order valence-electron chi connectivity index (χ2n) is 5.53. The summed E-state index contributed by atoms with van der Waals surface area (Å²) in [5.41, 5.74) is 1.56.